The Balaban J connectivity index is 1.94. The molecule has 3 rings (SSSR count). The zero-order valence-corrected chi connectivity index (χ0v) is 14.8. The number of hydrogen-bond acceptors (Lipinski definition) is 5. The van der Waals surface area contributed by atoms with Gasteiger partial charge in [-0.25, -0.2) is 8.42 Å². The normalized spacial score (nSPS) is 20.2. The minimum absolute atomic E-state index is 0.0904. The highest BCUT2D eigenvalue weighted by Crippen LogP contribution is 2.42. The number of rotatable bonds is 4. The van der Waals surface area contributed by atoms with Crippen molar-refractivity contribution in [3.8, 4) is 0 Å². The second-order valence-electron chi connectivity index (χ2n) is 5.52. The first-order valence-corrected chi connectivity index (χ1v) is 10.1. The van der Waals surface area contributed by atoms with Gasteiger partial charge in [0.05, 0.1) is 30.2 Å². The molecule has 0 saturated carbocycles. The number of carbonyl (C=O) groups is 1. The molecule has 1 atom stereocenters. The van der Waals surface area contributed by atoms with E-state index in [2.05, 4.69) is 4.72 Å². The minimum atomic E-state index is -3.35. The van der Waals surface area contributed by atoms with E-state index in [0.717, 1.165) is 22.6 Å². The Morgan fingerprint density at radius 2 is 2.26 bits per heavy atom. The second kappa shape index (κ2) is 5.84. The van der Waals surface area contributed by atoms with Crippen molar-refractivity contribution in [1.29, 1.82) is 0 Å². The molecule has 0 bridgehead atoms. The third-order valence-electron chi connectivity index (χ3n) is 3.57. The molecule has 124 valence electrons. The van der Waals surface area contributed by atoms with Crippen LogP contribution in [0, 0.1) is 0 Å². The van der Waals surface area contributed by atoms with Gasteiger partial charge in [0.2, 0.25) is 15.9 Å². The van der Waals surface area contributed by atoms with E-state index in [-0.39, 0.29) is 12.6 Å². The number of thiocarbonyl (C=S) groups is 1. The number of sulfonamides is 1. The molecule has 10 heteroatoms. The van der Waals surface area contributed by atoms with E-state index >= 15 is 0 Å². The Hall–Kier alpha value is -1.52. The molecule has 0 aliphatic carbocycles. The van der Waals surface area contributed by atoms with Crippen LogP contribution in [0.25, 0.3) is 0 Å². The summed E-state index contributed by atoms with van der Waals surface area (Å²) in [5.74, 6) is 0.425. The van der Waals surface area contributed by atoms with Crippen LogP contribution in [0.15, 0.2) is 23.1 Å². The van der Waals surface area contributed by atoms with Gasteiger partial charge in [-0.3, -0.25) is 9.52 Å². The SMILES string of the molecule is CS(=O)(=O)Nc1ccc2c(c1)N1C(=S)N(CC(N)=O)CC1CS2. The summed E-state index contributed by atoms with van der Waals surface area (Å²) >= 11 is 7.18. The Labute approximate surface area is 144 Å². The summed E-state index contributed by atoms with van der Waals surface area (Å²) in [6, 6.07) is 5.53. The fraction of sp³-hybridized carbons (Fsp3) is 0.385. The van der Waals surface area contributed by atoms with Gasteiger partial charge in [0.1, 0.15) is 0 Å². The molecule has 1 fully saturated rings. The molecular formula is C13H16N4O3S3. The van der Waals surface area contributed by atoms with Gasteiger partial charge in [0, 0.05) is 17.2 Å². The smallest absolute Gasteiger partial charge is 0.237 e. The van der Waals surface area contributed by atoms with Crippen molar-refractivity contribution in [3.05, 3.63) is 18.2 Å². The fourth-order valence-corrected chi connectivity index (χ4v) is 4.80. The molecule has 7 nitrogen and oxygen atoms in total. The first-order chi connectivity index (χ1) is 10.7. The summed E-state index contributed by atoms with van der Waals surface area (Å²) < 4.78 is 25.3. The monoisotopic (exact) mass is 372 g/mol. The van der Waals surface area contributed by atoms with Crippen molar-refractivity contribution < 1.29 is 13.2 Å². The Kier molecular flexibility index (Phi) is 4.15. The number of nitrogens with two attached hydrogens (primary N) is 1. The van der Waals surface area contributed by atoms with Crippen LogP contribution in [-0.2, 0) is 14.8 Å². The van der Waals surface area contributed by atoms with Crippen molar-refractivity contribution in [1.82, 2.24) is 4.90 Å². The molecule has 1 unspecified atom stereocenters. The van der Waals surface area contributed by atoms with Gasteiger partial charge >= 0.3 is 0 Å². The lowest BCUT2D eigenvalue weighted by atomic mass is 10.2. The number of primary amides is 1. The van der Waals surface area contributed by atoms with E-state index in [4.69, 9.17) is 18.0 Å². The lowest BCUT2D eigenvalue weighted by molar-refractivity contribution is -0.118. The standard InChI is InChI=1S/C13H16N4O3S3/c1-23(19,20)15-8-2-3-11-10(4-8)17-9(7-22-11)5-16(13(17)21)6-12(14)18/h2-4,9,15H,5-7H2,1H3,(H2,14,18). The highest BCUT2D eigenvalue weighted by molar-refractivity contribution is 7.99. The average molecular weight is 372 g/mol. The highest BCUT2D eigenvalue weighted by Gasteiger charge is 2.39. The maximum absolute atomic E-state index is 11.4. The number of nitrogens with one attached hydrogen (secondary N) is 1. The Morgan fingerprint density at radius 1 is 1.52 bits per heavy atom. The van der Waals surface area contributed by atoms with Crippen LogP contribution >= 0.6 is 24.0 Å². The Bertz CT molecular complexity index is 781. The number of anilines is 2. The van der Waals surface area contributed by atoms with Gasteiger partial charge in [-0.2, -0.15) is 0 Å². The van der Waals surface area contributed by atoms with Crippen LogP contribution in [0.3, 0.4) is 0 Å². The molecule has 0 radical (unpaired) electrons. The number of amides is 1. The van der Waals surface area contributed by atoms with Gasteiger partial charge < -0.3 is 15.5 Å². The zero-order chi connectivity index (χ0) is 16.8. The fourth-order valence-electron chi connectivity index (χ4n) is 2.76. The third-order valence-corrected chi connectivity index (χ3v) is 5.84. The predicted octanol–water partition coefficient (Wildman–Crippen LogP) is 0.425. The van der Waals surface area contributed by atoms with Crippen LogP contribution in [-0.4, -0.2) is 55.5 Å². The summed E-state index contributed by atoms with van der Waals surface area (Å²) in [6.07, 6.45) is 1.11. The van der Waals surface area contributed by atoms with Crippen LogP contribution in [0.2, 0.25) is 0 Å². The molecule has 2 aliphatic heterocycles. The molecule has 2 aliphatic rings. The van der Waals surface area contributed by atoms with Crippen LogP contribution < -0.4 is 15.4 Å². The van der Waals surface area contributed by atoms with E-state index in [1.54, 1.807) is 28.8 Å². The van der Waals surface area contributed by atoms with Crippen LogP contribution in [0.5, 0.6) is 0 Å². The molecule has 1 amide bonds. The first-order valence-electron chi connectivity index (χ1n) is 6.85. The molecule has 1 aromatic carbocycles. The van der Waals surface area contributed by atoms with Crippen molar-refractivity contribution in [2.75, 3.05) is 34.7 Å². The van der Waals surface area contributed by atoms with E-state index in [9.17, 15) is 13.2 Å². The maximum Gasteiger partial charge on any atom is 0.237 e. The molecule has 3 N–H and O–H groups in total. The van der Waals surface area contributed by atoms with Crippen LogP contribution in [0.1, 0.15) is 0 Å². The maximum atomic E-state index is 11.4. The number of fused-ring (bicyclic) bond motifs is 3. The summed E-state index contributed by atoms with van der Waals surface area (Å²) in [6.45, 7) is 0.727. The van der Waals surface area contributed by atoms with Crippen molar-refractivity contribution in [2.24, 2.45) is 5.73 Å². The van der Waals surface area contributed by atoms with Gasteiger partial charge in [0.25, 0.3) is 0 Å². The highest BCUT2D eigenvalue weighted by atomic mass is 32.2. The number of nitrogens with zero attached hydrogens (tertiary/aromatic N) is 2. The molecule has 1 saturated heterocycles. The molecule has 2 heterocycles. The van der Waals surface area contributed by atoms with Crippen molar-refractivity contribution >= 4 is 56.4 Å². The van der Waals surface area contributed by atoms with E-state index in [1.807, 2.05) is 11.0 Å². The summed E-state index contributed by atoms with van der Waals surface area (Å²) in [4.78, 5) is 16.0. The van der Waals surface area contributed by atoms with E-state index in [1.165, 1.54) is 0 Å². The number of carbonyl (C=O) groups excluding carboxylic acids is 1. The zero-order valence-electron chi connectivity index (χ0n) is 12.4. The Morgan fingerprint density at radius 3 is 2.91 bits per heavy atom. The van der Waals surface area contributed by atoms with Gasteiger partial charge in [-0.05, 0) is 30.4 Å². The second-order valence-corrected chi connectivity index (χ2v) is 8.70. The lowest BCUT2D eigenvalue weighted by Gasteiger charge is -2.32. The molecule has 0 aromatic heterocycles. The van der Waals surface area contributed by atoms with E-state index in [0.29, 0.717) is 17.3 Å². The first kappa shape index (κ1) is 16.3. The summed E-state index contributed by atoms with van der Waals surface area (Å²) in [7, 11) is -3.35. The topological polar surface area (TPSA) is 95.7 Å². The number of benzene rings is 1. The van der Waals surface area contributed by atoms with Gasteiger partial charge in [-0.15, -0.1) is 11.8 Å². The molecule has 0 spiro atoms. The van der Waals surface area contributed by atoms with E-state index < -0.39 is 15.9 Å². The molecular weight excluding hydrogens is 356 g/mol. The van der Waals surface area contributed by atoms with Crippen LogP contribution in [0.4, 0.5) is 11.4 Å². The summed E-state index contributed by atoms with van der Waals surface area (Å²) in [5.41, 5.74) is 6.62. The number of hydrogen-bond donors (Lipinski definition) is 2. The molecule has 23 heavy (non-hydrogen) atoms. The molecule has 1 aromatic rings. The minimum Gasteiger partial charge on any atom is -0.368 e. The third kappa shape index (κ3) is 3.38. The summed E-state index contributed by atoms with van der Waals surface area (Å²) in [5, 5.41) is 0.548. The van der Waals surface area contributed by atoms with Crippen molar-refractivity contribution in [3.63, 3.8) is 0 Å². The average Bonchev–Trinajstić information content (AvgIpc) is 2.73. The lowest BCUT2D eigenvalue weighted by Crippen LogP contribution is -2.39. The van der Waals surface area contributed by atoms with Crippen molar-refractivity contribution in [2.45, 2.75) is 10.9 Å². The van der Waals surface area contributed by atoms with Gasteiger partial charge in [-0.1, -0.05) is 0 Å². The van der Waals surface area contributed by atoms with Gasteiger partial charge in [0.15, 0.2) is 5.11 Å². The largest absolute Gasteiger partial charge is 0.368 e. The number of thioether (sulfide) groups is 1. The predicted molar refractivity (Wildman–Crippen MR) is 95.3 cm³/mol. The quantitative estimate of drug-likeness (QED) is 0.740.